The molecular formula is C62H48Si. The minimum atomic E-state index is -2.70. The second-order valence-corrected chi connectivity index (χ2v) is 22.6. The lowest BCUT2D eigenvalue weighted by molar-refractivity contribution is 0.660. The van der Waals surface area contributed by atoms with Crippen molar-refractivity contribution in [2.24, 2.45) is 0 Å². The van der Waals surface area contributed by atoms with Gasteiger partial charge in [0.15, 0.2) is 8.07 Å². The van der Waals surface area contributed by atoms with E-state index >= 15 is 0 Å². The van der Waals surface area contributed by atoms with Crippen LogP contribution in [0.15, 0.2) is 218 Å². The summed E-state index contributed by atoms with van der Waals surface area (Å²) in [6.07, 6.45) is 0. The Morgan fingerprint density at radius 3 is 1.05 bits per heavy atom. The topological polar surface area (TPSA) is 0 Å². The van der Waals surface area contributed by atoms with E-state index in [0.717, 1.165) is 0 Å². The van der Waals surface area contributed by atoms with E-state index in [2.05, 4.69) is 246 Å². The van der Waals surface area contributed by atoms with Crippen molar-refractivity contribution in [3.8, 4) is 44.5 Å². The molecule has 2 aliphatic rings. The van der Waals surface area contributed by atoms with Crippen LogP contribution in [0.5, 0.6) is 0 Å². The Morgan fingerprint density at radius 1 is 0.270 bits per heavy atom. The zero-order chi connectivity index (χ0) is 42.5. The highest BCUT2D eigenvalue weighted by Gasteiger charge is 2.44. The lowest BCUT2D eigenvalue weighted by Gasteiger charge is -2.35. The van der Waals surface area contributed by atoms with Crippen molar-refractivity contribution in [1.29, 1.82) is 0 Å². The van der Waals surface area contributed by atoms with E-state index in [-0.39, 0.29) is 10.8 Å². The van der Waals surface area contributed by atoms with Crippen LogP contribution >= 0.6 is 0 Å². The number of benzene rings is 10. The van der Waals surface area contributed by atoms with Crippen LogP contribution in [0.4, 0.5) is 0 Å². The first-order valence-corrected chi connectivity index (χ1v) is 24.4. The predicted molar refractivity (Wildman–Crippen MR) is 271 cm³/mol. The Morgan fingerprint density at radius 2 is 0.603 bits per heavy atom. The minimum absolute atomic E-state index is 0.0721. The molecule has 0 heterocycles. The van der Waals surface area contributed by atoms with Gasteiger partial charge in [-0.2, -0.15) is 0 Å². The highest BCUT2D eigenvalue weighted by atomic mass is 28.3. The SMILES string of the molecule is CC1(C)c2ccccc2-c2ccc(-c3c4ccccc4c(-c4ccc5c(c4)C(C)(C)c4cc([Si](c6ccccc6)(c6ccccc6)c6ccccc6)ccc4-5)c4ccccc34)cc21. The average molecular weight is 821 g/mol. The van der Waals surface area contributed by atoms with Gasteiger partial charge in [-0.1, -0.05) is 234 Å². The fourth-order valence-electron chi connectivity index (χ4n) is 11.8. The average Bonchev–Trinajstić information content (AvgIpc) is 3.70. The van der Waals surface area contributed by atoms with Gasteiger partial charge in [-0.05, 0) is 121 Å². The summed E-state index contributed by atoms with van der Waals surface area (Å²) >= 11 is 0. The summed E-state index contributed by atoms with van der Waals surface area (Å²) < 4.78 is 0. The van der Waals surface area contributed by atoms with Crippen LogP contribution in [-0.2, 0) is 10.8 Å². The largest absolute Gasteiger partial charge is 0.179 e. The third-order valence-corrected chi connectivity index (χ3v) is 19.6. The second-order valence-electron chi connectivity index (χ2n) is 18.8. The standard InChI is InChI=1S/C62H48Si/c1-61(2)55-31-19-18-26-47(55)48-35-32-41(38-56(48)61)59-51-27-14-16-29-53(51)60(54-30-17-15-28-52(54)59)42-33-36-49-50-37-34-46(40-58(50)62(3,4)57(49)39-42)63(43-20-8-5-9-21-43,44-22-10-6-11-23-44)45-24-12-7-13-25-45/h5-40H,1-4H3. The number of hydrogen-bond donors (Lipinski definition) is 0. The van der Waals surface area contributed by atoms with Crippen molar-refractivity contribution in [3.05, 3.63) is 241 Å². The van der Waals surface area contributed by atoms with Gasteiger partial charge in [-0.3, -0.25) is 0 Å². The first-order chi connectivity index (χ1) is 30.8. The molecule has 0 nitrogen and oxygen atoms in total. The van der Waals surface area contributed by atoms with Crippen LogP contribution in [0.25, 0.3) is 66.1 Å². The second kappa shape index (κ2) is 14.0. The van der Waals surface area contributed by atoms with Crippen molar-refractivity contribution in [3.63, 3.8) is 0 Å². The Kier molecular flexibility index (Phi) is 8.36. The summed E-state index contributed by atoms with van der Waals surface area (Å²) in [5.74, 6) is 0. The molecule has 0 radical (unpaired) electrons. The summed E-state index contributed by atoms with van der Waals surface area (Å²) in [7, 11) is -2.70. The van der Waals surface area contributed by atoms with Crippen LogP contribution < -0.4 is 20.7 Å². The molecule has 0 amide bonds. The van der Waals surface area contributed by atoms with E-state index in [1.165, 1.54) is 109 Å². The molecule has 63 heavy (non-hydrogen) atoms. The third kappa shape index (κ3) is 5.39. The highest BCUT2D eigenvalue weighted by Crippen LogP contribution is 2.53. The summed E-state index contributed by atoms with van der Waals surface area (Å²) in [6.45, 7) is 9.64. The number of rotatable bonds is 6. The molecule has 0 aliphatic heterocycles. The minimum Gasteiger partial charge on any atom is -0.0623 e. The quantitative estimate of drug-likeness (QED) is 0.0890. The molecule has 0 fully saturated rings. The van der Waals surface area contributed by atoms with Gasteiger partial charge >= 0.3 is 0 Å². The molecule has 0 bridgehead atoms. The van der Waals surface area contributed by atoms with E-state index in [1.54, 1.807) is 0 Å². The van der Waals surface area contributed by atoms with Gasteiger partial charge in [0.05, 0.1) is 0 Å². The van der Waals surface area contributed by atoms with E-state index < -0.39 is 8.07 Å². The number of fused-ring (bicyclic) bond motifs is 8. The van der Waals surface area contributed by atoms with Crippen molar-refractivity contribution in [1.82, 2.24) is 0 Å². The highest BCUT2D eigenvalue weighted by molar-refractivity contribution is 7.19. The van der Waals surface area contributed by atoms with Gasteiger partial charge in [0, 0.05) is 10.8 Å². The first-order valence-electron chi connectivity index (χ1n) is 22.4. The predicted octanol–water partition coefficient (Wildman–Crippen LogP) is 13.3. The van der Waals surface area contributed by atoms with Gasteiger partial charge in [0.2, 0.25) is 0 Å². The molecule has 0 spiro atoms. The summed E-state index contributed by atoms with van der Waals surface area (Å²) in [5, 5.41) is 10.8. The van der Waals surface area contributed by atoms with Crippen molar-refractivity contribution >= 4 is 50.4 Å². The molecule has 0 atom stereocenters. The van der Waals surface area contributed by atoms with Crippen LogP contribution in [0.1, 0.15) is 49.9 Å². The number of hydrogen-bond acceptors (Lipinski definition) is 0. The van der Waals surface area contributed by atoms with Crippen LogP contribution in [0, 0.1) is 0 Å². The molecule has 10 aromatic rings. The van der Waals surface area contributed by atoms with Gasteiger partial charge in [-0.15, -0.1) is 0 Å². The summed E-state index contributed by atoms with van der Waals surface area (Å²) in [6, 6.07) is 83.0. The van der Waals surface area contributed by atoms with Gasteiger partial charge in [0.1, 0.15) is 0 Å². The molecule has 0 N–H and O–H groups in total. The Labute approximate surface area is 372 Å². The molecule has 12 rings (SSSR count). The maximum Gasteiger partial charge on any atom is 0.179 e. The van der Waals surface area contributed by atoms with Crippen molar-refractivity contribution in [2.45, 2.75) is 38.5 Å². The Hall–Kier alpha value is -7.06. The van der Waals surface area contributed by atoms with Crippen LogP contribution in [0.2, 0.25) is 0 Å². The molecule has 1 heteroatoms. The van der Waals surface area contributed by atoms with Gasteiger partial charge in [-0.25, -0.2) is 0 Å². The molecule has 0 unspecified atom stereocenters. The maximum atomic E-state index is 2.59. The van der Waals surface area contributed by atoms with E-state index in [4.69, 9.17) is 0 Å². The van der Waals surface area contributed by atoms with Crippen molar-refractivity contribution < 1.29 is 0 Å². The van der Waals surface area contributed by atoms with Crippen molar-refractivity contribution in [2.75, 3.05) is 0 Å². The molecule has 0 saturated heterocycles. The zero-order valence-corrected chi connectivity index (χ0v) is 37.3. The first kappa shape index (κ1) is 37.7. The normalized spacial score (nSPS) is 14.3. The van der Waals surface area contributed by atoms with Crippen LogP contribution in [0.3, 0.4) is 0 Å². The van der Waals surface area contributed by atoms with Gasteiger partial charge in [0.25, 0.3) is 0 Å². The third-order valence-electron chi connectivity index (χ3n) is 14.8. The molecule has 0 saturated carbocycles. The fraction of sp³-hybridized carbons (Fsp3) is 0.0968. The fourth-order valence-corrected chi connectivity index (χ4v) is 16.6. The molecule has 0 aromatic heterocycles. The maximum absolute atomic E-state index is 2.70. The van der Waals surface area contributed by atoms with Crippen LogP contribution in [-0.4, -0.2) is 8.07 Å². The smallest absolute Gasteiger partial charge is 0.0623 e. The Bertz CT molecular complexity index is 3280. The molecule has 300 valence electrons. The lowest BCUT2D eigenvalue weighted by atomic mass is 9.79. The zero-order valence-electron chi connectivity index (χ0n) is 36.3. The monoisotopic (exact) mass is 820 g/mol. The summed E-state index contributed by atoms with van der Waals surface area (Å²) in [4.78, 5) is 0. The molecule has 2 aliphatic carbocycles. The van der Waals surface area contributed by atoms with E-state index in [1.807, 2.05) is 0 Å². The molecular weight excluding hydrogens is 773 g/mol. The van der Waals surface area contributed by atoms with E-state index in [9.17, 15) is 0 Å². The summed E-state index contributed by atoms with van der Waals surface area (Å²) in [5.41, 5.74) is 15.8. The van der Waals surface area contributed by atoms with Gasteiger partial charge < -0.3 is 0 Å². The Balaban J connectivity index is 1.03. The van der Waals surface area contributed by atoms with E-state index in [0.29, 0.717) is 0 Å². The lowest BCUT2D eigenvalue weighted by Crippen LogP contribution is -2.74. The molecule has 10 aromatic carbocycles.